The average molecular weight is 255 g/mol. The van der Waals surface area contributed by atoms with Crippen molar-refractivity contribution in [3.05, 3.63) is 47.8 Å². The maximum atomic E-state index is 10.6. The lowest BCUT2D eigenvalue weighted by molar-refractivity contribution is 0.112. The van der Waals surface area contributed by atoms with Crippen LogP contribution in [0.2, 0.25) is 0 Å². The van der Waals surface area contributed by atoms with Crippen LogP contribution in [0.15, 0.2) is 36.7 Å². The van der Waals surface area contributed by atoms with E-state index in [2.05, 4.69) is 9.97 Å². The third-order valence-corrected chi connectivity index (χ3v) is 3.03. The summed E-state index contributed by atoms with van der Waals surface area (Å²) in [5.74, 6) is 1.53. The van der Waals surface area contributed by atoms with E-state index in [1.165, 1.54) is 12.4 Å². The summed E-state index contributed by atoms with van der Waals surface area (Å²) < 4.78 is 5.69. The van der Waals surface area contributed by atoms with Crippen LogP contribution in [0, 0.1) is 0 Å². The Labute approximate surface area is 110 Å². The lowest BCUT2D eigenvalue weighted by Crippen LogP contribution is -2.27. The van der Waals surface area contributed by atoms with Crippen molar-refractivity contribution in [3.63, 3.8) is 0 Å². The molecule has 1 aromatic carbocycles. The van der Waals surface area contributed by atoms with Gasteiger partial charge in [0.15, 0.2) is 6.29 Å². The second-order valence-corrected chi connectivity index (χ2v) is 4.31. The molecule has 0 saturated heterocycles. The summed E-state index contributed by atoms with van der Waals surface area (Å²) in [6, 6.07) is 7.95. The van der Waals surface area contributed by atoms with E-state index >= 15 is 0 Å². The number of aromatic nitrogens is 2. The number of hydrogen-bond donors (Lipinski definition) is 0. The van der Waals surface area contributed by atoms with Crippen molar-refractivity contribution in [2.24, 2.45) is 0 Å². The fourth-order valence-corrected chi connectivity index (χ4v) is 2.05. The van der Waals surface area contributed by atoms with E-state index in [4.69, 9.17) is 4.74 Å². The molecule has 1 aliphatic rings. The quantitative estimate of drug-likeness (QED) is 0.764. The molecule has 96 valence electrons. The highest BCUT2D eigenvalue weighted by molar-refractivity contribution is 5.73. The number of para-hydroxylation sites is 1. The van der Waals surface area contributed by atoms with Crippen LogP contribution in [0.5, 0.6) is 5.75 Å². The molecule has 1 aliphatic heterocycles. The van der Waals surface area contributed by atoms with E-state index in [1.807, 2.05) is 29.2 Å². The topological polar surface area (TPSA) is 55.3 Å². The lowest BCUT2D eigenvalue weighted by atomic mass is 10.2. The van der Waals surface area contributed by atoms with Gasteiger partial charge in [0.2, 0.25) is 5.95 Å². The van der Waals surface area contributed by atoms with Crippen molar-refractivity contribution in [3.8, 4) is 5.75 Å². The SMILES string of the molecule is O=Cc1cnc(N2CCOc3ccccc3C2)nc1. The van der Waals surface area contributed by atoms with Gasteiger partial charge in [-0.2, -0.15) is 0 Å². The summed E-state index contributed by atoms with van der Waals surface area (Å²) in [5.41, 5.74) is 1.60. The molecule has 0 spiro atoms. The minimum atomic E-state index is 0.482. The Bertz CT molecular complexity index is 583. The number of fused-ring (bicyclic) bond motifs is 1. The van der Waals surface area contributed by atoms with E-state index in [1.54, 1.807) is 0 Å². The Morgan fingerprint density at radius 2 is 2.00 bits per heavy atom. The summed E-state index contributed by atoms with van der Waals surface area (Å²) in [4.78, 5) is 21.1. The van der Waals surface area contributed by atoms with Crippen molar-refractivity contribution in [1.82, 2.24) is 9.97 Å². The minimum absolute atomic E-state index is 0.482. The summed E-state index contributed by atoms with van der Waals surface area (Å²) in [5, 5.41) is 0. The van der Waals surface area contributed by atoms with Crippen LogP contribution in [-0.4, -0.2) is 29.4 Å². The molecule has 1 aromatic heterocycles. The average Bonchev–Trinajstić information content (AvgIpc) is 2.69. The van der Waals surface area contributed by atoms with Gasteiger partial charge in [-0.1, -0.05) is 18.2 Å². The molecule has 0 radical (unpaired) electrons. The molecule has 0 N–H and O–H groups in total. The predicted octanol–water partition coefficient (Wildman–Crippen LogP) is 1.69. The normalized spacial score (nSPS) is 14.2. The second kappa shape index (κ2) is 5.06. The molecule has 2 heterocycles. The van der Waals surface area contributed by atoms with Crippen molar-refractivity contribution in [1.29, 1.82) is 0 Å². The fraction of sp³-hybridized carbons (Fsp3) is 0.214. The molecule has 0 fully saturated rings. The number of carbonyl (C=O) groups is 1. The summed E-state index contributed by atoms with van der Waals surface area (Å²) in [7, 11) is 0. The van der Waals surface area contributed by atoms with Gasteiger partial charge < -0.3 is 9.64 Å². The van der Waals surface area contributed by atoms with Gasteiger partial charge in [-0.05, 0) is 6.07 Å². The number of hydrogen-bond acceptors (Lipinski definition) is 5. The van der Waals surface area contributed by atoms with Gasteiger partial charge in [-0.15, -0.1) is 0 Å². The van der Waals surface area contributed by atoms with Crippen LogP contribution < -0.4 is 9.64 Å². The molecule has 0 amide bonds. The Morgan fingerprint density at radius 1 is 1.21 bits per heavy atom. The summed E-state index contributed by atoms with van der Waals surface area (Å²) >= 11 is 0. The summed E-state index contributed by atoms with van der Waals surface area (Å²) in [6.07, 6.45) is 3.81. The van der Waals surface area contributed by atoms with Crippen LogP contribution in [0.25, 0.3) is 0 Å². The molecule has 5 nitrogen and oxygen atoms in total. The smallest absolute Gasteiger partial charge is 0.225 e. The van der Waals surface area contributed by atoms with Gasteiger partial charge in [0.1, 0.15) is 12.4 Å². The molecule has 19 heavy (non-hydrogen) atoms. The third kappa shape index (κ3) is 2.40. The monoisotopic (exact) mass is 255 g/mol. The first-order chi connectivity index (χ1) is 9.36. The molecule has 0 atom stereocenters. The second-order valence-electron chi connectivity index (χ2n) is 4.31. The molecule has 0 aliphatic carbocycles. The van der Waals surface area contributed by atoms with E-state index in [0.29, 0.717) is 24.7 Å². The number of nitrogens with zero attached hydrogens (tertiary/aromatic N) is 3. The Hall–Kier alpha value is -2.43. The molecule has 2 aromatic rings. The number of ether oxygens (including phenoxy) is 1. The Balaban J connectivity index is 1.87. The van der Waals surface area contributed by atoms with E-state index in [-0.39, 0.29) is 0 Å². The van der Waals surface area contributed by atoms with Gasteiger partial charge in [-0.25, -0.2) is 9.97 Å². The third-order valence-electron chi connectivity index (χ3n) is 3.03. The molecular weight excluding hydrogens is 242 g/mol. The zero-order valence-electron chi connectivity index (χ0n) is 10.3. The molecular formula is C14H13N3O2. The lowest BCUT2D eigenvalue weighted by Gasteiger charge is -2.19. The van der Waals surface area contributed by atoms with Crippen LogP contribution in [0.3, 0.4) is 0 Å². The fourth-order valence-electron chi connectivity index (χ4n) is 2.05. The van der Waals surface area contributed by atoms with Crippen LogP contribution in [0.4, 0.5) is 5.95 Å². The molecule has 3 rings (SSSR count). The standard InChI is InChI=1S/C14H13N3O2/c18-10-11-7-15-14(16-8-11)17-5-6-19-13-4-2-1-3-12(13)9-17/h1-4,7-8,10H,5-6,9H2. The molecule has 0 bridgehead atoms. The number of anilines is 1. The first kappa shape index (κ1) is 11.6. The first-order valence-corrected chi connectivity index (χ1v) is 6.10. The van der Waals surface area contributed by atoms with Gasteiger partial charge in [0, 0.05) is 24.5 Å². The maximum Gasteiger partial charge on any atom is 0.225 e. The van der Waals surface area contributed by atoms with Crippen LogP contribution >= 0.6 is 0 Å². The van der Waals surface area contributed by atoms with Gasteiger partial charge in [0.05, 0.1) is 12.1 Å². The summed E-state index contributed by atoms with van der Waals surface area (Å²) in [6.45, 7) is 2.02. The Kier molecular flexibility index (Phi) is 3.10. The highest BCUT2D eigenvalue weighted by Gasteiger charge is 2.16. The van der Waals surface area contributed by atoms with Gasteiger partial charge in [-0.3, -0.25) is 4.79 Å². The van der Waals surface area contributed by atoms with Crippen LogP contribution in [0.1, 0.15) is 15.9 Å². The predicted molar refractivity (Wildman–Crippen MR) is 70.4 cm³/mol. The number of carbonyl (C=O) groups excluding carboxylic acids is 1. The largest absolute Gasteiger partial charge is 0.491 e. The van der Waals surface area contributed by atoms with E-state index in [9.17, 15) is 4.79 Å². The zero-order valence-corrected chi connectivity index (χ0v) is 10.3. The zero-order chi connectivity index (χ0) is 13.1. The van der Waals surface area contributed by atoms with Crippen molar-refractivity contribution in [2.45, 2.75) is 6.54 Å². The highest BCUT2D eigenvalue weighted by atomic mass is 16.5. The number of rotatable bonds is 2. The number of benzene rings is 1. The van der Waals surface area contributed by atoms with Crippen molar-refractivity contribution in [2.75, 3.05) is 18.1 Å². The Morgan fingerprint density at radius 3 is 2.79 bits per heavy atom. The molecule has 0 saturated carbocycles. The van der Waals surface area contributed by atoms with Crippen molar-refractivity contribution < 1.29 is 9.53 Å². The van der Waals surface area contributed by atoms with Crippen LogP contribution in [-0.2, 0) is 6.54 Å². The number of aldehydes is 1. The molecule has 0 unspecified atom stereocenters. The highest BCUT2D eigenvalue weighted by Crippen LogP contribution is 2.24. The first-order valence-electron chi connectivity index (χ1n) is 6.10. The van der Waals surface area contributed by atoms with Crippen molar-refractivity contribution >= 4 is 12.2 Å². The minimum Gasteiger partial charge on any atom is -0.491 e. The van der Waals surface area contributed by atoms with E-state index < -0.39 is 0 Å². The van der Waals surface area contributed by atoms with Gasteiger partial charge >= 0.3 is 0 Å². The molecule has 5 heteroatoms. The maximum absolute atomic E-state index is 10.6. The van der Waals surface area contributed by atoms with E-state index in [0.717, 1.165) is 24.1 Å². The van der Waals surface area contributed by atoms with Gasteiger partial charge in [0.25, 0.3) is 0 Å².